The normalized spacial score (nSPS) is 9.70. The number of hydrogen-bond acceptors (Lipinski definition) is 2. The van der Waals surface area contributed by atoms with E-state index in [2.05, 4.69) is 17.2 Å². The van der Waals surface area contributed by atoms with Crippen molar-refractivity contribution < 1.29 is 9.53 Å². The lowest BCUT2D eigenvalue weighted by Crippen LogP contribution is -2.23. The van der Waals surface area contributed by atoms with Crippen LogP contribution >= 0.6 is 11.6 Å². The quantitative estimate of drug-likeness (QED) is 0.868. The number of halogens is 1. The molecule has 0 radical (unpaired) electrons. The third-order valence-corrected chi connectivity index (χ3v) is 3.39. The molecule has 0 saturated carbocycles. The van der Waals surface area contributed by atoms with Crippen LogP contribution in [0.2, 0.25) is 5.02 Å². The minimum atomic E-state index is -0.127. The zero-order chi connectivity index (χ0) is 16.7. The van der Waals surface area contributed by atoms with Gasteiger partial charge in [-0.3, -0.25) is 4.79 Å². The van der Waals surface area contributed by atoms with Gasteiger partial charge in [-0.2, -0.15) is 0 Å². The smallest absolute Gasteiger partial charge is 0.252 e. The largest absolute Gasteiger partial charge is 0.479 e. The van der Waals surface area contributed by atoms with Gasteiger partial charge in [0.2, 0.25) is 0 Å². The number of amides is 1. The summed E-state index contributed by atoms with van der Waals surface area (Å²) in [6.45, 7) is 4.44. The third kappa shape index (κ3) is 5.36. The van der Waals surface area contributed by atoms with Crippen LogP contribution in [0, 0.1) is 25.7 Å². The van der Waals surface area contributed by atoms with Crippen LogP contribution in [0.3, 0.4) is 0 Å². The summed E-state index contributed by atoms with van der Waals surface area (Å²) in [7, 11) is 0. The fourth-order valence-corrected chi connectivity index (χ4v) is 2.31. The Morgan fingerprint density at radius 1 is 1.13 bits per heavy atom. The number of para-hydroxylation sites is 1. The first-order valence-corrected chi connectivity index (χ1v) is 7.63. The molecule has 0 aliphatic heterocycles. The van der Waals surface area contributed by atoms with E-state index in [1.54, 1.807) is 12.1 Å². The highest BCUT2D eigenvalue weighted by Gasteiger charge is 2.04. The zero-order valence-electron chi connectivity index (χ0n) is 13.2. The molecule has 0 aliphatic rings. The summed E-state index contributed by atoms with van der Waals surface area (Å²) in [5.74, 6) is 6.17. The molecule has 0 heterocycles. The monoisotopic (exact) mass is 327 g/mol. The molecular weight excluding hydrogens is 310 g/mol. The van der Waals surface area contributed by atoms with E-state index in [1.807, 2.05) is 44.2 Å². The fourth-order valence-electron chi connectivity index (χ4n) is 2.12. The van der Waals surface area contributed by atoms with Gasteiger partial charge in [-0.1, -0.05) is 52.8 Å². The Morgan fingerprint density at radius 3 is 2.52 bits per heavy atom. The van der Waals surface area contributed by atoms with Crippen molar-refractivity contribution in [2.24, 2.45) is 0 Å². The lowest BCUT2D eigenvalue weighted by molar-refractivity contribution is 0.0958. The van der Waals surface area contributed by atoms with Crippen molar-refractivity contribution in [3.63, 3.8) is 0 Å². The van der Waals surface area contributed by atoms with Crippen LogP contribution in [0.1, 0.15) is 21.5 Å². The van der Waals surface area contributed by atoms with Crippen molar-refractivity contribution in [2.75, 3.05) is 13.2 Å². The van der Waals surface area contributed by atoms with E-state index in [-0.39, 0.29) is 19.1 Å². The van der Waals surface area contributed by atoms with E-state index in [1.165, 1.54) is 0 Å². The van der Waals surface area contributed by atoms with Gasteiger partial charge in [0.05, 0.1) is 11.6 Å². The van der Waals surface area contributed by atoms with Gasteiger partial charge in [-0.15, -0.1) is 0 Å². The Bertz CT molecular complexity index is 739. The van der Waals surface area contributed by atoms with Gasteiger partial charge in [0.25, 0.3) is 5.91 Å². The standard InChI is InChI=1S/C19H18ClNO2/c1-14-11-15(2)13-16(12-14)19(22)21-9-5-6-10-23-18-8-4-3-7-17(18)20/h3-4,7-8,11-13H,9-10H2,1-2H3,(H,21,22). The maximum atomic E-state index is 12.0. The average Bonchev–Trinajstić information content (AvgIpc) is 2.51. The highest BCUT2D eigenvalue weighted by Crippen LogP contribution is 2.22. The number of aryl methyl sites for hydroxylation is 2. The van der Waals surface area contributed by atoms with E-state index < -0.39 is 0 Å². The molecule has 2 aromatic rings. The summed E-state index contributed by atoms with van der Waals surface area (Å²) >= 11 is 5.97. The zero-order valence-corrected chi connectivity index (χ0v) is 13.9. The second-order valence-electron chi connectivity index (χ2n) is 5.13. The highest BCUT2D eigenvalue weighted by molar-refractivity contribution is 6.32. The molecule has 0 aliphatic carbocycles. The molecule has 2 rings (SSSR count). The van der Waals surface area contributed by atoms with Crippen molar-refractivity contribution in [3.8, 4) is 17.6 Å². The number of hydrogen-bond donors (Lipinski definition) is 1. The van der Waals surface area contributed by atoms with Crippen molar-refractivity contribution in [1.82, 2.24) is 5.32 Å². The molecular formula is C19H18ClNO2. The van der Waals surface area contributed by atoms with Crippen molar-refractivity contribution in [3.05, 3.63) is 64.2 Å². The molecule has 2 aromatic carbocycles. The van der Waals surface area contributed by atoms with E-state index in [0.29, 0.717) is 16.3 Å². The lowest BCUT2D eigenvalue weighted by atomic mass is 10.1. The highest BCUT2D eigenvalue weighted by atomic mass is 35.5. The summed E-state index contributed by atoms with van der Waals surface area (Å²) < 4.78 is 5.44. The molecule has 0 fully saturated rings. The number of carbonyl (C=O) groups is 1. The Kier molecular flexibility index (Phi) is 6.08. The van der Waals surface area contributed by atoms with Crippen LogP contribution in [0.25, 0.3) is 0 Å². The minimum absolute atomic E-state index is 0.127. The number of benzene rings is 2. The van der Waals surface area contributed by atoms with Crippen molar-refractivity contribution in [1.29, 1.82) is 0 Å². The first kappa shape index (κ1) is 16.9. The van der Waals surface area contributed by atoms with Gasteiger partial charge in [0, 0.05) is 5.56 Å². The second kappa shape index (κ2) is 8.26. The van der Waals surface area contributed by atoms with Crippen LogP contribution in [0.5, 0.6) is 5.75 Å². The minimum Gasteiger partial charge on any atom is -0.479 e. The summed E-state index contributed by atoms with van der Waals surface area (Å²) in [4.78, 5) is 12.0. The van der Waals surface area contributed by atoms with Crippen LogP contribution < -0.4 is 10.1 Å². The van der Waals surface area contributed by atoms with E-state index in [9.17, 15) is 4.79 Å². The molecule has 3 nitrogen and oxygen atoms in total. The molecule has 0 spiro atoms. The molecule has 0 aromatic heterocycles. The SMILES string of the molecule is Cc1cc(C)cc(C(=O)NCC#CCOc2ccccc2Cl)c1. The average molecular weight is 328 g/mol. The van der Waals surface area contributed by atoms with Gasteiger partial charge >= 0.3 is 0 Å². The van der Waals surface area contributed by atoms with Crippen LogP contribution in [-0.4, -0.2) is 19.1 Å². The number of carbonyl (C=O) groups excluding carboxylic acids is 1. The van der Waals surface area contributed by atoms with Crippen LogP contribution in [0.15, 0.2) is 42.5 Å². The molecule has 0 saturated heterocycles. The van der Waals surface area contributed by atoms with E-state index >= 15 is 0 Å². The molecule has 1 N–H and O–H groups in total. The molecule has 23 heavy (non-hydrogen) atoms. The summed E-state index contributed by atoms with van der Waals surface area (Å²) in [6.07, 6.45) is 0. The molecule has 0 unspecified atom stereocenters. The van der Waals surface area contributed by atoms with E-state index in [4.69, 9.17) is 16.3 Å². The molecule has 1 amide bonds. The van der Waals surface area contributed by atoms with Gasteiger partial charge in [-0.25, -0.2) is 0 Å². The van der Waals surface area contributed by atoms with Crippen LogP contribution in [0.4, 0.5) is 0 Å². The maximum absolute atomic E-state index is 12.0. The van der Waals surface area contributed by atoms with Crippen molar-refractivity contribution >= 4 is 17.5 Å². The number of rotatable bonds is 4. The summed E-state index contributed by atoms with van der Waals surface area (Å²) in [5, 5.41) is 3.32. The predicted molar refractivity (Wildman–Crippen MR) is 93.0 cm³/mol. The van der Waals surface area contributed by atoms with Crippen LogP contribution in [-0.2, 0) is 0 Å². The molecule has 0 bridgehead atoms. The maximum Gasteiger partial charge on any atom is 0.252 e. The van der Waals surface area contributed by atoms with Gasteiger partial charge in [-0.05, 0) is 38.1 Å². The van der Waals surface area contributed by atoms with Crippen molar-refractivity contribution in [2.45, 2.75) is 13.8 Å². The number of nitrogens with one attached hydrogen (secondary N) is 1. The summed E-state index contributed by atoms with van der Waals surface area (Å²) in [6, 6.07) is 13.0. The Labute approximate surface area is 141 Å². The molecule has 118 valence electrons. The Morgan fingerprint density at radius 2 is 1.83 bits per heavy atom. The Hall–Kier alpha value is -2.44. The van der Waals surface area contributed by atoms with Gasteiger partial charge in [0.15, 0.2) is 0 Å². The first-order chi connectivity index (χ1) is 11.1. The first-order valence-electron chi connectivity index (χ1n) is 7.26. The van der Waals surface area contributed by atoms with Gasteiger partial charge in [0.1, 0.15) is 12.4 Å². The summed E-state index contributed by atoms with van der Waals surface area (Å²) in [5.41, 5.74) is 2.78. The number of ether oxygens (including phenoxy) is 1. The second-order valence-corrected chi connectivity index (χ2v) is 5.54. The fraction of sp³-hybridized carbons (Fsp3) is 0.211. The predicted octanol–water partition coefficient (Wildman–Crippen LogP) is 3.77. The molecule has 4 heteroatoms. The third-order valence-electron chi connectivity index (χ3n) is 3.08. The van der Waals surface area contributed by atoms with E-state index in [0.717, 1.165) is 11.1 Å². The molecule has 0 atom stereocenters. The van der Waals surface area contributed by atoms with Gasteiger partial charge < -0.3 is 10.1 Å². The Balaban J connectivity index is 1.79. The topological polar surface area (TPSA) is 38.3 Å². The lowest BCUT2D eigenvalue weighted by Gasteiger charge is -2.04.